The maximum Gasteiger partial charge on any atom is 0.287 e. The van der Waals surface area contributed by atoms with Crippen molar-refractivity contribution < 1.29 is 14.0 Å². The highest BCUT2D eigenvalue weighted by Gasteiger charge is 2.31. The Labute approximate surface area is 161 Å². The molecule has 3 aromatic rings. The molecule has 0 radical (unpaired) electrons. The third-order valence-electron chi connectivity index (χ3n) is 4.96. The van der Waals surface area contributed by atoms with E-state index in [2.05, 4.69) is 5.32 Å². The van der Waals surface area contributed by atoms with Gasteiger partial charge in [0.1, 0.15) is 5.58 Å². The number of nitrogens with one attached hydrogen (secondary N) is 1. The summed E-state index contributed by atoms with van der Waals surface area (Å²) in [4.78, 5) is 38.6. The van der Waals surface area contributed by atoms with Crippen LogP contribution in [0.3, 0.4) is 0 Å². The van der Waals surface area contributed by atoms with Gasteiger partial charge in [0.05, 0.1) is 5.39 Å². The Balaban J connectivity index is 1.42. The number of carbonyl (C=O) groups is 2. The fraction of sp³-hybridized carbons (Fsp3) is 0.227. The van der Waals surface area contributed by atoms with Gasteiger partial charge < -0.3 is 14.6 Å². The Bertz CT molecular complexity index is 1100. The fourth-order valence-corrected chi connectivity index (χ4v) is 3.43. The van der Waals surface area contributed by atoms with E-state index in [1.165, 1.54) is 6.07 Å². The summed E-state index contributed by atoms with van der Waals surface area (Å²) in [5.41, 5.74) is 2.12. The number of nitrogens with zero attached hydrogens (tertiary/aromatic N) is 1. The van der Waals surface area contributed by atoms with Crippen molar-refractivity contribution in [3.05, 3.63) is 76.1 Å². The van der Waals surface area contributed by atoms with Crippen LogP contribution in [0.15, 0.2) is 63.8 Å². The SMILES string of the molecule is Cc1ccc(N2CC(CNC(=O)c3cc(=O)c4ccccc4o3)CC2=O)cc1. The minimum atomic E-state index is -0.455. The lowest BCUT2D eigenvalue weighted by Gasteiger charge is -2.17. The van der Waals surface area contributed by atoms with E-state index in [9.17, 15) is 14.4 Å². The number of rotatable bonds is 4. The van der Waals surface area contributed by atoms with E-state index >= 15 is 0 Å². The van der Waals surface area contributed by atoms with Gasteiger partial charge in [-0.25, -0.2) is 0 Å². The monoisotopic (exact) mass is 376 g/mol. The molecule has 1 N–H and O–H groups in total. The average Bonchev–Trinajstić information content (AvgIpc) is 3.07. The Morgan fingerprint density at radius 1 is 1.14 bits per heavy atom. The predicted molar refractivity (Wildman–Crippen MR) is 106 cm³/mol. The molecule has 142 valence electrons. The standard InChI is InChI=1S/C22H20N2O4/c1-14-6-8-16(9-7-14)24-13-15(10-21(24)26)12-23-22(27)20-11-18(25)17-4-2-3-5-19(17)28-20/h2-9,11,15H,10,12-13H2,1H3,(H,23,27). The van der Waals surface area contributed by atoms with Crippen LogP contribution in [-0.2, 0) is 4.79 Å². The van der Waals surface area contributed by atoms with E-state index in [0.29, 0.717) is 30.5 Å². The quantitative estimate of drug-likeness (QED) is 0.759. The number of aryl methyl sites for hydroxylation is 1. The van der Waals surface area contributed by atoms with Crippen LogP contribution >= 0.6 is 0 Å². The van der Waals surface area contributed by atoms with Crippen LogP contribution in [0.2, 0.25) is 0 Å². The second kappa shape index (κ2) is 7.31. The van der Waals surface area contributed by atoms with Crippen LogP contribution in [0, 0.1) is 12.8 Å². The van der Waals surface area contributed by atoms with Gasteiger partial charge in [-0.1, -0.05) is 29.8 Å². The fourth-order valence-electron chi connectivity index (χ4n) is 3.43. The number of hydrogen-bond donors (Lipinski definition) is 1. The van der Waals surface area contributed by atoms with Crippen LogP contribution in [0.1, 0.15) is 22.5 Å². The Morgan fingerprint density at radius 3 is 2.68 bits per heavy atom. The van der Waals surface area contributed by atoms with Crippen LogP contribution in [-0.4, -0.2) is 24.9 Å². The molecular formula is C22H20N2O4. The lowest BCUT2D eigenvalue weighted by Crippen LogP contribution is -2.31. The van der Waals surface area contributed by atoms with Crippen LogP contribution < -0.4 is 15.6 Å². The molecule has 2 heterocycles. The number of benzene rings is 2. The molecule has 1 aromatic heterocycles. The first kappa shape index (κ1) is 18.0. The number of para-hydroxylation sites is 1. The highest BCUT2D eigenvalue weighted by atomic mass is 16.3. The first-order valence-electron chi connectivity index (χ1n) is 9.19. The largest absolute Gasteiger partial charge is 0.451 e. The molecule has 4 rings (SSSR count). The average molecular weight is 376 g/mol. The van der Waals surface area contributed by atoms with Gasteiger partial charge in [-0.15, -0.1) is 0 Å². The molecule has 0 spiro atoms. The number of anilines is 1. The smallest absolute Gasteiger partial charge is 0.287 e. The molecule has 1 atom stereocenters. The molecule has 2 amide bonds. The van der Waals surface area contributed by atoms with Gasteiger partial charge >= 0.3 is 0 Å². The molecule has 6 nitrogen and oxygen atoms in total. The molecule has 0 aliphatic carbocycles. The summed E-state index contributed by atoms with van der Waals surface area (Å²) in [6.07, 6.45) is 0.371. The van der Waals surface area contributed by atoms with E-state index in [-0.39, 0.29) is 23.0 Å². The van der Waals surface area contributed by atoms with E-state index < -0.39 is 5.91 Å². The van der Waals surface area contributed by atoms with Gasteiger partial charge in [0.2, 0.25) is 5.91 Å². The van der Waals surface area contributed by atoms with E-state index in [1.807, 2.05) is 31.2 Å². The third kappa shape index (κ3) is 3.53. The lowest BCUT2D eigenvalue weighted by molar-refractivity contribution is -0.117. The van der Waals surface area contributed by atoms with E-state index in [0.717, 1.165) is 11.3 Å². The van der Waals surface area contributed by atoms with Gasteiger partial charge in [-0.3, -0.25) is 14.4 Å². The predicted octanol–water partition coefficient (Wildman–Crippen LogP) is 2.88. The zero-order valence-electron chi connectivity index (χ0n) is 15.5. The first-order valence-corrected chi connectivity index (χ1v) is 9.19. The minimum absolute atomic E-state index is 0.00457. The number of fused-ring (bicyclic) bond motifs is 1. The number of amides is 2. The van der Waals surface area contributed by atoms with E-state index in [4.69, 9.17) is 4.42 Å². The zero-order chi connectivity index (χ0) is 19.7. The molecule has 28 heavy (non-hydrogen) atoms. The number of hydrogen-bond acceptors (Lipinski definition) is 4. The second-order valence-corrected chi connectivity index (χ2v) is 7.09. The maximum absolute atomic E-state index is 12.4. The van der Waals surface area contributed by atoms with Crippen molar-refractivity contribution in [3.63, 3.8) is 0 Å². The van der Waals surface area contributed by atoms with Gasteiger partial charge in [-0.2, -0.15) is 0 Å². The molecule has 1 aliphatic heterocycles. The summed E-state index contributed by atoms with van der Waals surface area (Å²) >= 11 is 0. The van der Waals surface area contributed by atoms with Crippen molar-refractivity contribution in [2.75, 3.05) is 18.0 Å². The Hall–Kier alpha value is -3.41. The van der Waals surface area contributed by atoms with Gasteiger partial charge in [-0.05, 0) is 31.2 Å². The Morgan fingerprint density at radius 2 is 1.89 bits per heavy atom. The third-order valence-corrected chi connectivity index (χ3v) is 4.96. The molecule has 0 saturated carbocycles. The molecule has 0 bridgehead atoms. The summed E-state index contributed by atoms with van der Waals surface area (Å²) in [5, 5.41) is 3.22. The minimum Gasteiger partial charge on any atom is -0.451 e. The molecule has 2 aromatic carbocycles. The Kier molecular flexibility index (Phi) is 4.69. The van der Waals surface area contributed by atoms with Crippen LogP contribution in [0.25, 0.3) is 11.0 Å². The van der Waals surface area contributed by atoms with Gasteiger partial charge in [0, 0.05) is 37.2 Å². The summed E-state index contributed by atoms with van der Waals surface area (Å²) in [5.74, 6) is -0.433. The maximum atomic E-state index is 12.4. The van der Waals surface area contributed by atoms with Gasteiger partial charge in [0.25, 0.3) is 5.91 Å². The summed E-state index contributed by atoms with van der Waals surface area (Å²) in [6, 6.07) is 15.8. The van der Waals surface area contributed by atoms with Crippen molar-refractivity contribution in [2.45, 2.75) is 13.3 Å². The summed E-state index contributed by atoms with van der Waals surface area (Å²) < 4.78 is 5.55. The highest BCUT2D eigenvalue weighted by molar-refractivity contribution is 5.96. The summed E-state index contributed by atoms with van der Waals surface area (Å²) in [6.45, 7) is 2.88. The van der Waals surface area contributed by atoms with Crippen molar-refractivity contribution >= 4 is 28.5 Å². The van der Waals surface area contributed by atoms with Gasteiger partial charge in [0.15, 0.2) is 11.2 Å². The lowest BCUT2D eigenvalue weighted by atomic mass is 10.1. The molecular weight excluding hydrogens is 356 g/mol. The molecule has 1 aliphatic rings. The molecule has 1 saturated heterocycles. The zero-order valence-corrected chi connectivity index (χ0v) is 15.5. The molecule has 6 heteroatoms. The topological polar surface area (TPSA) is 79.6 Å². The van der Waals surface area contributed by atoms with E-state index in [1.54, 1.807) is 29.2 Å². The molecule has 1 unspecified atom stereocenters. The number of carbonyl (C=O) groups excluding carboxylic acids is 2. The van der Waals surface area contributed by atoms with Crippen molar-refractivity contribution in [3.8, 4) is 0 Å². The van der Waals surface area contributed by atoms with Crippen molar-refractivity contribution in [1.82, 2.24) is 5.32 Å². The van der Waals surface area contributed by atoms with Crippen LogP contribution in [0.4, 0.5) is 5.69 Å². The van der Waals surface area contributed by atoms with Crippen molar-refractivity contribution in [1.29, 1.82) is 0 Å². The summed E-state index contributed by atoms with van der Waals surface area (Å²) in [7, 11) is 0. The normalized spacial score (nSPS) is 16.5. The second-order valence-electron chi connectivity index (χ2n) is 7.09. The molecule has 1 fully saturated rings. The first-order chi connectivity index (χ1) is 13.5. The van der Waals surface area contributed by atoms with Crippen LogP contribution in [0.5, 0.6) is 0 Å². The highest BCUT2D eigenvalue weighted by Crippen LogP contribution is 2.25. The van der Waals surface area contributed by atoms with Crippen molar-refractivity contribution in [2.24, 2.45) is 5.92 Å².